The lowest BCUT2D eigenvalue weighted by Crippen LogP contribution is -2.25. The van der Waals surface area contributed by atoms with Gasteiger partial charge < -0.3 is 14.3 Å². The lowest BCUT2D eigenvalue weighted by Gasteiger charge is -2.36. The van der Waals surface area contributed by atoms with Crippen LogP contribution in [0.2, 0.25) is 0 Å². The first-order valence-electron chi connectivity index (χ1n) is 10.8. The molecule has 1 atom stereocenters. The van der Waals surface area contributed by atoms with Crippen LogP contribution in [0.15, 0.2) is 36.4 Å². The van der Waals surface area contributed by atoms with Gasteiger partial charge in [-0.3, -0.25) is 0 Å². The van der Waals surface area contributed by atoms with Gasteiger partial charge in [-0.1, -0.05) is 74.4 Å². The Morgan fingerprint density at radius 1 is 0.742 bits per heavy atom. The third-order valence-corrected chi connectivity index (χ3v) is 8.91. The van der Waals surface area contributed by atoms with E-state index in [1.165, 1.54) is 16.7 Å². The van der Waals surface area contributed by atoms with Crippen LogP contribution in [0.25, 0.3) is 0 Å². The van der Waals surface area contributed by atoms with E-state index in [1.807, 2.05) is 24.3 Å². The Kier molecular flexibility index (Phi) is 7.43. The van der Waals surface area contributed by atoms with Crippen LogP contribution >= 0.6 is 6.42 Å². The molecule has 0 radical (unpaired) electrons. The second-order valence-corrected chi connectivity index (χ2v) is 15.0. The fourth-order valence-corrected chi connectivity index (χ4v) is 5.67. The summed E-state index contributed by atoms with van der Waals surface area (Å²) >= 11 is 6.14. The predicted octanol–water partition coefficient (Wildman–Crippen LogP) is 7.28. The van der Waals surface area contributed by atoms with E-state index in [4.69, 9.17) is 21.1 Å². The standard InChI is InChI=1S/C26H40NO2PS/c1-24(2,3)18-16-21(25(4,5)6)23(22(17-18)26(7,8)9)27-30(31,29-11)20-14-12-19(28-10)13-15-20/h12-17H,1-11H3,(H,27,31)/t30-/m0/s1. The first kappa shape index (κ1) is 25.9. The number of ether oxygens (including phenoxy) is 1. The molecule has 0 aliphatic rings. The number of hydrogen-bond acceptors (Lipinski definition) is 3. The largest absolute Gasteiger partial charge is 0.497 e. The molecule has 0 aliphatic heterocycles. The molecule has 1 N–H and O–H groups in total. The summed E-state index contributed by atoms with van der Waals surface area (Å²) in [5, 5.41) is 4.73. The highest BCUT2D eigenvalue weighted by atomic mass is 32.4. The normalized spacial score (nSPS) is 14.8. The van der Waals surface area contributed by atoms with E-state index in [2.05, 4.69) is 79.5 Å². The first-order chi connectivity index (χ1) is 14.0. The molecule has 0 bridgehead atoms. The average molecular weight is 462 g/mol. The molecule has 0 heterocycles. The van der Waals surface area contributed by atoms with Gasteiger partial charge in [0.1, 0.15) is 5.75 Å². The molecule has 172 valence electrons. The molecule has 0 aliphatic carbocycles. The number of hydrogen-bond donors (Lipinski definition) is 1. The van der Waals surface area contributed by atoms with Gasteiger partial charge in [0.05, 0.1) is 7.11 Å². The summed E-state index contributed by atoms with van der Waals surface area (Å²) < 4.78 is 11.3. The van der Waals surface area contributed by atoms with Crippen LogP contribution in [0.4, 0.5) is 5.69 Å². The van der Waals surface area contributed by atoms with Crippen molar-refractivity contribution in [2.75, 3.05) is 19.3 Å². The Morgan fingerprint density at radius 3 is 1.52 bits per heavy atom. The van der Waals surface area contributed by atoms with Crippen LogP contribution in [0.3, 0.4) is 0 Å². The minimum absolute atomic E-state index is 0.0516. The molecule has 0 unspecified atom stereocenters. The van der Waals surface area contributed by atoms with Crippen molar-refractivity contribution in [2.45, 2.75) is 78.6 Å². The fraction of sp³-hybridized carbons (Fsp3) is 0.538. The Morgan fingerprint density at radius 2 is 1.19 bits per heavy atom. The highest BCUT2D eigenvalue weighted by Gasteiger charge is 2.32. The summed E-state index contributed by atoms with van der Waals surface area (Å²) in [6.45, 7) is 20.4. The van der Waals surface area contributed by atoms with Gasteiger partial charge in [0, 0.05) is 18.1 Å². The molecule has 2 aromatic rings. The SMILES string of the molecule is COc1ccc([P@](=S)(Nc2c(C(C)(C)C)cc(C(C)(C)C)cc2C(C)(C)C)OC)cc1. The Bertz CT molecular complexity index is 926. The van der Waals surface area contributed by atoms with Crippen molar-refractivity contribution in [2.24, 2.45) is 0 Å². The van der Waals surface area contributed by atoms with Crippen LogP contribution in [0.5, 0.6) is 5.75 Å². The van der Waals surface area contributed by atoms with E-state index < -0.39 is 6.42 Å². The molecular weight excluding hydrogens is 421 g/mol. The molecule has 0 aromatic heterocycles. The van der Waals surface area contributed by atoms with Crippen molar-refractivity contribution >= 4 is 29.2 Å². The summed E-state index contributed by atoms with van der Waals surface area (Å²) in [6.07, 6.45) is -2.53. The van der Waals surface area contributed by atoms with Crippen molar-refractivity contribution in [1.82, 2.24) is 0 Å². The zero-order chi connectivity index (χ0) is 23.8. The number of anilines is 1. The molecular formula is C26H40NO2PS. The van der Waals surface area contributed by atoms with E-state index >= 15 is 0 Å². The lowest BCUT2D eigenvalue weighted by atomic mass is 9.74. The maximum atomic E-state index is 6.14. The molecule has 3 nitrogen and oxygen atoms in total. The van der Waals surface area contributed by atoms with Crippen LogP contribution in [0.1, 0.15) is 79.0 Å². The Balaban J connectivity index is 2.79. The zero-order valence-electron chi connectivity index (χ0n) is 21.1. The third kappa shape index (κ3) is 5.92. The van der Waals surface area contributed by atoms with Gasteiger partial charge >= 0.3 is 0 Å². The van der Waals surface area contributed by atoms with E-state index in [1.54, 1.807) is 14.2 Å². The van der Waals surface area contributed by atoms with Gasteiger partial charge in [0.15, 0.2) is 6.42 Å². The van der Waals surface area contributed by atoms with Crippen molar-refractivity contribution in [3.05, 3.63) is 53.1 Å². The summed E-state index contributed by atoms with van der Waals surface area (Å²) in [7, 11) is 3.37. The highest BCUT2D eigenvalue weighted by molar-refractivity contribution is 8.16. The molecule has 0 saturated carbocycles. The molecule has 0 spiro atoms. The van der Waals surface area contributed by atoms with Crippen LogP contribution in [-0.4, -0.2) is 14.2 Å². The molecule has 0 saturated heterocycles. The van der Waals surface area contributed by atoms with E-state index in [9.17, 15) is 0 Å². The number of nitrogens with one attached hydrogen (secondary N) is 1. The van der Waals surface area contributed by atoms with Gasteiger partial charge in [0.25, 0.3) is 0 Å². The number of benzene rings is 2. The van der Waals surface area contributed by atoms with Crippen LogP contribution in [0, 0.1) is 0 Å². The number of methoxy groups -OCH3 is 1. The Labute approximate surface area is 195 Å². The van der Waals surface area contributed by atoms with Crippen molar-refractivity contribution < 1.29 is 9.26 Å². The van der Waals surface area contributed by atoms with E-state index in [0.29, 0.717) is 0 Å². The van der Waals surface area contributed by atoms with Crippen LogP contribution < -0.4 is 15.1 Å². The lowest BCUT2D eigenvalue weighted by molar-refractivity contribution is 0.415. The smallest absolute Gasteiger partial charge is 0.183 e. The van der Waals surface area contributed by atoms with Gasteiger partial charge in [-0.05, 0) is 69.0 Å². The quantitative estimate of drug-likeness (QED) is 0.474. The molecule has 2 rings (SSSR count). The number of rotatable bonds is 5. The molecule has 0 fully saturated rings. The summed E-state index contributed by atoms with van der Waals surface area (Å²) in [6, 6.07) is 12.6. The summed E-state index contributed by atoms with van der Waals surface area (Å²) in [5.74, 6) is 0.807. The minimum atomic E-state index is -2.53. The summed E-state index contributed by atoms with van der Waals surface area (Å²) in [5.41, 5.74) is 4.91. The van der Waals surface area contributed by atoms with Crippen LogP contribution in [-0.2, 0) is 32.6 Å². The van der Waals surface area contributed by atoms with Gasteiger partial charge in [-0.2, -0.15) is 0 Å². The monoisotopic (exact) mass is 461 g/mol. The van der Waals surface area contributed by atoms with Gasteiger partial charge in [-0.15, -0.1) is 0 Å². The average Bonchev–Trinajstić information content (AvgIpc) is 2.65. The van der Waals surface area contributed by atoms with Crippen molar-refractivity contribution in [3.63, 3.8) is 0 Å². The first-order valence-corrected chi connectivity index (χ1v) is 13.5. The van der Waals surface area contributed by atoms with Crippen molar-refractivity contribution in [3.8, 4) is 5.75 Å². The summed E-state index contributed by atoms with van der Waals surface area (Å²) in [4.78, 5) is 0. The third-order valence-electron chi connectivity index (χ3n) is 5.55. The molecule has 2 aromatic carbocycles. The maximum Gasteiger partial charge on any atom is 0.183 e. The topological polar surface area (TPSA) is 30.5 Å². The molecule has 0 amide bonds. The fourth-order valence-electron chi connectivity index (χ4n) is 3.52. The van der Waals surface area contributed by atoms with Gasteiger partial charge in [0.2, 0.25) is 0 Å². The van der Waals surface area contributed by atoms with E-state index in [0.717, 1.165) is 16.7 Å². The van der Waals surface area contributed by atoms with E-state index in [-0.39, 0.29) is 16.2 Å². The zero-order valence-corrected chi connectivity index (χ0v) is 22.8. The predicted molar refractivity (Wildman–Crippen MR) is 140 cm³/mol. The molecule has 31 heavy (non-hydrogen) atoms. The highest BCUT2D eigenvalue weighted by Crippen LogP contribution is 2.51. The Hall–Kier alpha value is -1.35. The second-order valence-electron chi connectivity index (χ2n) is 11.2. The maximum absolute atomic E-state index is 6.14. The van der Waals surface area contributed by atoms with Crippen molar-refractivity contribution in [1.29, 1.82) is 0 Å². The molecule has 5 heteroatoms. The minimum Gasteiger partial charge on any atom is -0.497 e. The second kappa shape index (κ2) is 8.89. The van der Waals surface area contributed by atoms with Gasteiger partial charge in [-0.25, -0.2) is 0 Å².